The third-order valence-electron chi connectivity index (χ3n) is 7.61. The van der Waals surface area contributed by atoms with Gasteiger partial charge < -0.3 is 15.7 Å². The molecule has 1 aliphatic carbocycles. The van der Waals surface area contributed by atoms with Gasteiger partial charge in [0, 0.05) is 13.0 Å². The van der Waals surface area contributed by atoms with Crippen molar-refractivity contribution in [2.75, 3.05) is 6.54 Å². The second-order valence-corrected chi connectivity index (χ2v) is 10.8. The van der Waals surface area contributed by atoms with Crippen LogP contribution in [0.3, 0.4) is 0 Å². The van der Waals surface area contributed by atoms with E-state index < -0.39 is 11.9 Å². The Morgan fingerprint density at radius 3 is 2.27 bits per heavy atom. The number of carbonyl (C=O) groups excluding carboxylic acids is 1. The summed E-state index contributed by atoms with van der Waals surface area (Å²) in [5.74, 6) is -1.64. The van der Waals surface area contributed by atoms with Crippen LogP contribution in [0.4, 0.5) is 0 Å². The molecule has 0 spiro atoms. The topological polar surface area (TPSA) is 78.4 Å². The van der Waals surface area contributed by atoms with Crippen molar-refractivity contribution >= 4 is 29.1 Å². The minimum Gasteiger partial charge on any atom is -0.481 e. The average Bonchev–Trinajstić information content (AvgIpc) is 2.92. The van der Waals surface area contributed by atoms with Crippen molar-refractivity contribution in [3.63, 3.8) is 0 Å². The lowest BCUT2D eigenvalue weighted by atomic mass is 9.81. The third kappa shape index (κ3) is 9.58. The van der Waals surface area contributed by atoms with Gasteiger partial charge in [-0.25, -0.2) is 0 Å². The summed E-state index contributed by atoms with van der Waals surface area (Å²) < 4.78 is 0. The monoisotopic (exact) mass is 522 g/mol. The van der Waals surface area contributed by atoms with Crippen LogP contribution in [0.15, 0.2) is 60.7 Å². The Morgan fingerprint density at radius 2 is 1.65 bits per heavy atom. The molecule has 3 atom stereocenters. The van der Waals surface area contributed by atoms with E-state index in [2.05, 4.69) is 34.9 Å². The fraction of sp³-hybridized carbons (Fsp3) is 0.516. The van der Waals surface area contributed by atoms with Crippen molar-refractivity contribution in [1.29, 1.82) is 0 Å². The van der Waals surface area contributed by atoms with Gasteiger partial charge >= 0.3 is 5.97 Å². The van der Waals surface area contributed by atoms with E-state index in [4.69, 9.17) is 12.2 Å². The number of amides is 1. The summed E-state index contributed by atoms with van der Waals surface area (Å²) in [6, 6.07) is 19.7. The molecule has 1 aliphatic rings. The molecule has 6 heteroatoms. The number of carboxylic acid groups (broad SMARTS) is 1. The Labute approximate surface area is 227 Å². The summed E-state index contributed by atoms with van der Waals surface area (Å²) in [6.07, 6.45) is 9.36. The van der Waals surface area contributed by atoms with Gasteiger partial charge in [0.05, 0.1) is 16.9 Å². The maximum atomic E-state index is 13.2. The molecule has 0 aromatic heterocycles. The molecule has 0 bridgehead atoms. The van der Waals surface area contributed by atoms with Gasteiger partial charge in [-0.15, -0.1) is 0 Å². The lowest BCUT2D eigenvalue weighted by Gasteiger charge is -2.29. The van der Waals surface area contributed by atoms with Crippen LogP contribution in [0.5, 0.6) is 0 Å². The maximum Gasteiger partial charge on any atom is 0.307 e. The molecule has 3 N–H and O–H groups in total. The summed E-state index contributed by atoms with van der Waals surface area (Å²) in [4.78, 5) is 26.1. The Morgan fingerprint density at radius 1 is 1.00 bits per heavy atom. The number of hydrogen-bond donors (Lipinski definition) is 3. The first-order chi connectivity index (χ1) is 18.0. The van der Waals surface area contributed by atoms with Gasteiger partial charge in [0.1, 0.15) is 0 Å². The number of rotatable bonds is 14. The fourth-order valence-corrected chi connectivity index (χ4v) is 5.82. The standard InChI is InChI=1S/C31H42N2O3S/c1-2-26(25-18-10-5-11-19-25)27(31(35)36)22-29(34)33-28(21-24-15-8-4-9-16-24)30(37)32-20-12-17-23-13-6-3-7-14-23/h3,5-7,10-11,13-14,18-19,24,26-28H,2,4,8-9,12,15-17,20-22H2,1H3,(H,32,37)(H,33,34)(H,35,36). The number of thiocarbonyl (C=S) groups is 1. The minimum atomic E-state index is -0.934. The number of hydrogen-bond acceptors (Lipinski definition) is 3. The van der Waals surface area contributed by atoms with E-state index in [0.717, 1.165) is 44.2 Å². The van der Waals surface area contributed by atoms with Crippen molar-refractivity contribution in [2.45, 2.75) is 83.1 Å². The minimum absolute atomic E-state index is 0.0550. The van der Waals surface area contributed by atoms with Gasteiger partial charge in [-0.3, -0.25) is 9.59 Å². The van der Waals surface area contributed by atoms with Crippen LogP contribution in [-0.4, -0.2) is 34.6 Å². The second kappa shape index (κ2) is 15.5. The zero-order valence-electron chi connectivity index (χ0n) is 22.0. The fourth-order valence-electron chi connectivity index (χ4n) is 5.57. The first-order valence-electron chi connectivity index (χ1n) is 13.9. The first-order valence-corrected chi connectivity index (χ1v) is 14.3. The molecule has 3 rings (SSSR count). The molecule has 2 aromatic rings. The van der Waals surface area contributed by atoms with E-state index in [0.29, 0.717) is 17.3 Å². The second-order valence-electron chi connectivity index (χ2n) is 10.3. The smallest absolute Gasteiger partial charge is 0.307 e. The van der Waals surface area contributed by atoms with Crippen LogP contribution in [-0.2, 0) is 16.0 Å². The highest BCUT2D eigenvalue weighted by Gasteiger charge is 2.32. The van der Waals surface area contributed by atoms with Gasteiger partial charge in [-0.05, 0) is 48.6 Å². The van der Waals surface area contributed by atoms with Gasteiger partial charge in [0.2, 0.25) is 5.91 Å². The van der Waals surface area contributed by atoms with Crippen LogP contribution >= 0.6 is 12.2 Å². The molecule has 0 aliphatic heterocycles. The van der Waals surface area contributed by atoms with Crippen molar-refractivity contribution in [3.05, 3.63) is 71.8 Å². The molecule has 37 heavy (non-hydrogen) atoms. The predicted molar refractivity (Wildman–Crippen MR) is 154 cm³/mol. The number of aliphatic carboxylic acids is 1. The van der Waals surface area contributed by atoms with Crippen molar-refractivity contribution < 1.29 is 14.7 Å². The zero-order valence-corrected chi connectivity index (χ0v) is 22.8. The van der Waals surface area contributed by atoms with E-state index in [1.165, 1.54) is 24.8 Å². The lowest BCUT2D eigenvalue weighted by molar-refractivity contribution is -0.145. The Balaban J connectivity index is 1.61. The zero-order chi connectivity index (χ0) is 26.5. The molecule has 1 saturated carbocycles. The summed E-state index contributed by atoms with van der Waals surface area (Å²) in [6.45, 7) is 2.72. The number of nitrogens with one attached hydrogen (secondary N) is 2. The molecule has 0 heterocycles. The van der Waals surface area contributed by atoms with Gasteiger partial charge in [-0.2, -0.15) is 0 Å². The normalized spacial score (nSPS) is 16.4. The van der Waals surface area contributed by atoms with Gasteiger partial charge in [-0.1, -0.05) is 112 Å². The molecule has 0 saturated heterocycles. The molecular weight excluding hydrogens is 480 g/mol. The molecular formula is C31H42N2O3S. The SMILES string of the molecule is CCC(c1ccccc1)C(CC(=O)NC(CC1CCCCC1)C(=S)NCCCc1ccccc1)C(=O)O. The van der Waals surface area contributed by atoms with Crippen molar-refractivity contribution in [2.24, 2.45) is 11.8 Å². The molecule has 3 unspecified atom stereocenters. The first kappa shape index (κ1) is 28.8. The van der Waals surface area contributed by atoms with Gasteiger partial charge in [0.15, 0.2) is 0 Å². The van der Waals surface area contributed by atoms with Crippen LogP contribution in [0.1, 0.15) is 81.8 Å². The molecule has 1 amide bonds. The highest BCUT2D eigenvalue weighted by atomic mass is 32.1. The van der Waals surface area contributed by atoms with E-state index in [9.17, 15) is 14.7 Å². The van der Waals surface area contributed by atoms with Crippen LogP contribution < -0.4 is 10.6 Å². The molecule has 1 fully saturated rings. The number of aryl methyl sites for hydroxylation is 1. The van der Waals surface area contributed by atoms with Gasteiger partial charge in [0.25, 0.3) is 0 Å². The summed E-state index contributed by atoms with van der Waals surface area (Å²) in [5, 5.41) is 16.5. The van der Waals surface area contributed by atoms with E-state index in [1.807, 2.05) is 43.3 Å². The number of carbonyl (C=O) groups is 2. The Hall–Kier alpha value is -2.73. The molecule has 2 aromatic carbocycles. The largest absolute Gasteiger partial charge is 0.481 e. The Bertz CT molecular complexity index is 976. The maximum absolute atomic E-state index is 13.2. The average molecular weight is 523 g/mol. The van der Waals surface area contributed by atoms with E-state index in [1.54, 1.807) is 0 Å². The van der Waals surface area contributed by atoms with E-state index >= 15 is 0 Å². The number of benzene rings is 2. The molecule has 200 valence electrons. The summed E-state index contributed by atoms with van der Waals surface area (Å²) >= 11 is 5.77. The predicted octanol–water partition coefficient (Wildman–Crippen LogP) is 6.28. The lowest BCUT2D eigenvalue weighted by Crippen LogP contribution is -2.48. The summed E-state index contributed by atoms with van der Waals surface area (Å²) in [7, 11) is 0. The Kier molecular flexibility index (Phi) is 12.1. The van der Waals surface area contributed by atoms with Crippen LogP contribution in [0, 0.1) is 11.8 Å². The van der Waals surface area contributed by atoms with Crippen molar-refractivity contribution in [1.82, 2.24) is 10.6 Å². The summed E-state index contributed by atoms with van der Waals surface area (Å²) in [5.41, 5.74) is 2.26. The van der Waals surface area contributed by atoms with Crippen molar-refractivity contribution in [3.8, 4) is 0 Å². The third-order valence-corrected chi connectivity index (χ3v) is 8.03. The molecule has 0 radical (unpaired) electrons. The highest BCUT2D eigenvalue weighted by molar-refractivity contribution is 7.80. The highest BCUT2D eigenvalue weighted by Crippen LogP contribution is 2.31. The number of carboxylic acids is 1. The van der Waals surface area contributed by atoms with E-state index in [-0.39, 0.29) is 24.3 Å². The van der Waals surface area contributed by atoms with Crippen LogP contribution in [0.2, 0.25) is 0 Å². The quantitative estimate of drug-likeness (QED) is 0.201. The van der Waals surface area contributed by atoms with Crippen LogP contribution in [0.25, 0.3) is 0 Å². The molecule has 5 nitrogen and oxygen atoms in total.